The van der Waals surface area contributed by atoms with Crippen molar-refractivity contribution in [1.82, 2.24) is 9.78 Å². The van der Waals surface area contributed by atoms with Crippen LogP contribution in [-0.4, -0.2) is 29.1 Å². The minimum atomic E-state index is -0.109. The lowest BCUT2D eigenvalue weighted by Crippen LogP contribution is -1.98. The molecular formula is C12H15N3O3. The van der Waals surface area contributed by atoms with Gasteiger partial charge in [-0.1, -0.05) is 6.07 Å². The van der Waals surface area contributed by atoms with E-state index in [9.17, 15) is 5.11 Å². The SMILES string of the molecule is COc1ccc(-c2c(O)nn(C)c2N)cc1OC. The van der Waals surface area contributed by atoms with Gasteiger partial charge in [-0.2, -0.15) is 0 Å². The zero-order valence-corrected chi connectivity index (χ0v) is 10.5. The lowest BCUT2D eigenvalue weighted by Gasteiger charge is -2.09. The van der Waals surface area contributed by atoms with Gasteiger partial charge in [0.05, 0.1) is 19.8 Å². The summed E-state index contributed by atoms with van der Waals surface area (Å²) in [5.41, 5.74) is 7.07. The highest BCUT2D eigenvalue weighted by molar-refractivity contribution is 5.80. The number of nitrogens with zero attached hydrogens (tertiary/aromatic N) is 2. The first-order valence-corrected chi connectivity index (χ1v) is 5.32. The highest BCUT2D eigenvalue weighted by atomic mass is 16.5. The molecule has 1 aromatic heterocycles. The van der Waals surface area contributed by atoms with Crippen LogP contribution in [0.5, 0.6) is 17.4 Å². The third kappa shape index (κ3) is 1.81. The molecule has 0 spiro atoms. The highest BCUT2D eigenvalue weighted by Crippen LogP contribution is 2.38. The van der Waals surface area contributed by atoms with Crippen molar-refractivity contribution in [3.05, 3.63) is 18.2 Å². The van der Waals surface area contributed by atoms with Gasteiger partial charge in [0.15, 0.2) is 11.5 Å². The van der Waals surface area contributed by atoms with E-state index in [1.54, 1.807) is 39.5 Å². The Morgan fingerprint density at radius 3 is 2.39 bits per heavy atom. The summed E-state index contributed by atoms with van der Waals surface area (Å²) in [6, 6.07) is 5.28. The summed E-state index contributed by atoms with van der Waals surface area (Å²) >= 11 is 0. The first kappa shape index (κ1) is 12.1. The molecule has 1 aromatic carbocycles. The first-order valence-electron chi connectivity index (χ1n) is 5.32. The van der Waals surface area contributed by atoms with Crippen LogP contribution in [0.1, 0.15) is 0 Å². The Labute approximate surface area is 105 Å². The van der Waals surface area contributed by atoms with Crippen LogP contribution in [0.25, 0.3) is 11.1 Å². The maximum atomic E-state index is 9.77. The zero-order chi connectivity index (χ0) is 13.3. The molecule has 18 heavy (non-hydrogen) atoms. The van der Waals surface area contributed by atoms with Crippen LogP contribution in [0.3, 0.4) is 0 Å². The maximum absolute atomic E-state index is 9.77. The molecular weight excluding hydrogens is 234 g/mol. The van der Waals surface area contributed by atoms with Crippen LogP contribution in [-0.2, 0) is 7.05 Å². The molecule has 2 aromatic rings. The van der Waals surface area contributed by atoms with Crippen LogP contribution in [0, 0.1) is 0 Å². The summed E-state index contributed by atoms with van der Waals surface area (Å²) in [4.78, 5) is 0. The van der Waals surface area contributed by atoms with Gasteiger partial charge in [0.2, 0.25) is 5.88 Å². The van der Waals surface area contributed by atoms with E-state index in [4.69, 9.17) is 15.2 Å². The molecule has 3 N–H and O–H groups in total. The molecule has 0 atom stereocenters. The number of aromatic nitrogens is 2. The molecule has 0 unspecified atom stereocenters. The Morgan fingerprint density at radius 1 is 1.22 bits per heavy atom. The number of hydrogen-bond donors (Lipinski definition) is 2. The number of aryl methyl sites for hydroxylation is 1. The maximum Gasteiger partial charge on any atom is 0.240 e. The Bertz CT molecular complexity index is 578. The van der Waals surface area contributed by atoms with E-state index in [0.717, 1.165) is 5.56 Å². The Morgan fingerprint density at radius 2 is 1.89 bits per heavy atom. The molecule has 2 rings (SSSR count). The number of benzene rings is 1. The van der Waals surface area contributed by atoms with E-state index in [2.05, 4.69) is 5.10 Å². The summed E-state index contributed by atoms with van der Waals surface area (Å²) < 4.78 is 11.8. The van der Waals surface area contributed by atoms with Gasteiger partial charge in [0.25, 0.3) is 0 Å². The molecule has 0 aliphatic heterocycles. The fourth-order valence-electron chi connectivity index (χ4n) is 1.79. The quantitative estimate of drug-likeness (QED) is 0.859. The van der Waals surface area contributed by atoms with Crippen LogP contribution in [0.15, 0.2) is 18.2 Å². The predicted octanol–water partition coefficient (Wildman–Crippen LogP) is 1.39. The lowest BCUT2D eigenvalue weighted by atomic mass is 10.1. The minimum Gasteiger partial charge on any atom is -0.493 e. The number of methoxy groups -OCH3 is 2. The number of aromatic hydroxyl groups is 1. The number of hydrogen-bond acceptors (Lipinski definition) is 5. The van der Waals surface area contributed by atoms with E-state index >= 15 is 0 Å². The van der Waals surface area contributed by atoms with Gasteiger partial charge in [-0.25, -0.2) is 4.68 Å². The molecule has 6 nitrogen and oxygen atoms in total. The molecule has 1 heterocycles. The van der Waals surface area contributed by atoms with Crippen molar-refractivity contribution in [2.45, 2.75) is 0 Å². The summed E-state index contributed by atoms with van der Waals surface area (Å²) in [7, 11) is 4.78. The van der Waals surface area contributed by atoms with Crippen molar-refractivity contribution >= 4 is 5.82 Å². The fourth-order valence-corrected chi connectivity index (χ4v) is 1.79. The van der Waals surface area contributed by atoms with Gasteiger partial charge in [0, 0.05) is 7.05 Å². The molecule has 0 aliphatic rings. The van der Waals surface area contributed by atoms with Gasteiger partial charge >= 0.3 is 0 Å². The van der Waals surface area contributed by atoms with Gasteiger partial charge in [-0.15, -0.1) is 5.10 Å². The van der Waals surface area contributed by atoms with Crippen molar-refractivity contribution in [1.29, 1.82) is 0 Å². The molecule has 0 bridgehead atoms. The summed E-state index contributed by atoms with van der Waals surface area (Å²) in [6.07, 6.45) is 0. The Hall–Kier alpha value is -2.37. The largest absolute Gasteiger partial charge is 0.493 e. The van der Waals surface area contributed by atoms with Gasteiger partial charge in [-0.3, -0.25) is 0 Å². The van der Waals surface area contributed by atoms with Crippen LogP contribution < -0.4 is 15.2 Å². The van der Waals surface area contributed by atoms with E-state index in [-0.39, 0.29) is 5.88 Å². The van der Waals surface area contributed by atoms with Crippen LogP contribution >= 0.6 is 0 Å². The van der Waals surface area contributed by atoms with Crippen molar-refractivity contribution in [3.63, 3.8) is 0 Å². The number of ether oxygens (including phenoxy) is 2. The summed E-state index contributed by atoms with van der Waals surface area (Å²) in [6.45, 7) is 0. The Balaban J connectivity index is 2.58. The number of nitrogen functional groups attached to an aromatic ring is 1. The molecule has 0 radical (unpaired) electrons. The lowest BCUT2D eigenvalue weighted by molar-refractivity contribution is 0.355. The number of nitrogens with two attached hydrogens (primary N) is 1. The molecule has 96 valence electrons. The first-order chi connectivity index (χ1) is 8.58. The van der Waals surface area contributed by atoms with Crippen molar-refractivity contribution in [2.75, 3.05) is 20.0 Å². The molecule has 0 saturated heterocycles. The number of anilines is 1. The molecule has 0 aliphatic carbocycles. The second-order valence-corrected chi connectivity index (χ2v) is 3.78. The summed E-state index contributed by atoms with van der Waals surface area (Å²) in [5, 5.41) is 13.6. The second-order valence-electron chi connectivity index (χ2n) is 3.78. The summed E-state index contributed by atoms with van der Waals surface area (Å²) in [5.74, 6) is 1.46. The van der Waals surface area contributed by atoms with Gasteiger partial charge in [0.1, 0.15) is 5.82 Å². The smallest absolute Gasteiger partial charge is 0.240 e. The van der Waals surface area contributed by atoms with Crippen LogP contribution in [0.2, 0.25) is 0 Å². The fraction of sp³-hybridized carbons (Fsp3) is 0.250. The monoisotopic (exact) mass is 249 g/mol. The predicted molar refractivity (Wildman–Crippen MR) is 67.8 cm³/mol. The van der Waals surface area contributed by atoms with Crippen molar-refractivity contribution in [2.24, 2.45) is 7.05 Å². The van der Waals surface area contributed by atoms with Crippen molar-refractivity contribution in [3.8, 4) is 28.5 Å². The molecule has 0 amide bonds. The zero-order valence-electron chi connectivity index (χ0n) is 10.5. The minimum absolute atomic E-state index is 0.109. The van der Waals surface area contributed by atoms with Gasteiger partial charge < -0.3 is 20.3 Å². The normalized spacial score (nSPS) is 10.4. The molecule has 6 heteroatoms. The standard InChI is InChI=1S/C12H15N3O3/c1-15-11(13)10(12(16)14-15)7-4-5-8(17-2)9(6-7)18-3/h4-6H,13H2,1-3H3,(H,14,16). The highest BCUT2D eigenvalue weighted by Gasteiger charge is 2.16. The van der Waals surface area contributed by atoms with E-state index < -0.39 is 0 Å². The topological polar surface area (TPSA) is 82.5 Å². The van der Waals surface area contributed by atoms with Crippen LogP contribution in [0.4, 0.5) is 5.82 Å². The second kappa shape index (κ2) is 4.48. The molecule has 0 fully saturated rings. The number of rotatable bonds is 3. The van der Waals surface area contributed by atoms with E-state index in [0.29, 0.717) is 22.9 Å². The third-order valence-electron chi connectivity index (χ3n) is 2.75. The van der Waals surface area contributed by atoms with Crippen molar-refractivity contribution < 1.29 is 14.6 Å². The Kier molecular flexibility index (Phi) is 3.01. The third-order valence-corrected chi connectivity index (χ3v) is 2.75. The van der Waals surface area contributed by atoms with E-state index in [1.807, 2.05) is 0 Å². The molecule has 0 saturated carbocycles. The average Bonchev–Trinajstić information content (AvgIpc) is 2.62. The van der Waals surface area contributed by atoms with Gasteiger partial charge in [-0.05, 0) is 17.7 Å². The average molecular weight is 249 g/mol. The van der Waals surface area contributed by atoms with E-state index in [1.165, 1.54) is 4.68 Å².